The minimum absolute atomic E-state index is 0.0155. The van der Waals surface area contributed by atoms with E-state index in [1.54, 1.807) is 6.08 Å². The number of hydrogen-bond acceptors (Lipinski definition) is 6. The van der Waals surface area contributed by atoms with Crippen molar-refractivity contribution in [2.24, 2.45) is 0 Å². The van der Waals surface area contributed by atoms with Crippen LogP contribution >= 0.6 is 7.82 Å². The lowest BCUT2D eigenvalue weighted by molar-refractivity contribution is -0.870. The molecule has 3 atom stereocenters. The summed E-state index contributed by atoms with van der Waals surface area (Å²) in [6, 6.07) is -0.918. The molecule has 54 heavy (non-hydrogen) atoms. The summed E-state index contributed by atoms with van der Waals surface area (Å²) >= 11 is 0. The van der Waals surface area contributed by atoms with E-state index in [-0.39, 0.29) is 12.5 Å². The highest BCUT2D eigenvalue weighted by atomic mass is 31.2. The first-order valence-electron chi connectivity index (χ1n) is 21.3. The van der Waals surface area contributed by atoms with Crippen molar-refractivity contribution in [3.8, 4) is 0 Å². The molecule has 0 fully saturated rings. The summed E-state index contributed by atoms with van der Waals surface area (Å²) in [5.74, 6) is -0.229. The maximum absolute atomic E-state index is 12.8. The lowest BCUT2D eigenvalue weighted by atomic mass is 10.1. The van der Waals surface area contributed by atoms with Gasteiger partial charge in [-0.3, -0.25) is 9.36 Å². The fourth-order valence-electron chi connectivity index (χ4n) is 5.42. The fraction of sp³-hybridized carbons (Fsp3) is 0.711. The van der Waals surface area contributed by atoms with Crippen molar-refractivity contribution >= 4 is 13.7 Å². The number of allylic oxidation sites excluding steroid dienone is 11. The monoisotopic (exact) mass is 777 g/mol. The molecule has 0 aliphatic carbocycles. The van der Waals surface area contributed by atoms with Crippen molar-refractivity contribution in [2.75, 3.05) is 40.9 Å². The topological polar surface area (TPSA) is 108 Å². The van der Waals surface area contributed by atoms with Gasteiger partial charge in [0.25, 0.3) is 7.82 Å². The number of hydrogen-bond donors (Lipinski definition) is 2. The molecule has 0 radical (unpaired) electrons. The number of amides is 1. The Balaban J connectivity index is 4.53. The molecule has 0 saturated carbocycles. The van der Waals surface area contributed by atoms with Crippen LogP contribution in [0.15, 0.2) is 72.9 Å². The first kappa shape index (κ1) is 51.9. The maximum Gasteiger partial charge on any atom is 0.268 e. The van der Waals surface area contributed by atoms with Gasteiger partial charge in [0.1, 0.15) is 13.2 Å². The second kappa shape index (κ2) is 36.6. The number of aliphatic hydroxyl groups excluding tert-OH is 1. The Hall–Kier alpha value is -2.06. The van der Waals surface area contributed by atoms with Crippen molar-refractivity contribution < 1.29 is 32.9 Å². The van der Waals surface area contributed by atoms with Gasteiger partial charge in [-0.2, -0.15) is 0 Å². The Morgan fingerprint density at radius 3 is 1.63 bits per heavy atom. The second-order valence-electron chi connectivity index (χ2n) is 15.3. The number of aliphatic hydroxyl groups is 1. The standard InChI is InChI=1S/C45H81N2O6P/c1-6-8-10-12-14-16-18-20-21-22-23-24-25-27-29-31-33-35-37-39-45(49)46-43(42-53-54(50,51)52-41-40-47(3,4)5)44(48)38-36-34-32-30-28-26-19-17-15-13-11-9-7-2/h14-17,20-21,23-24,28,30,36,38,43-44,48H,6-13,18-19,22,25-27,29,31-35,37,39-42H2,1-5H3,(H-,46,49,50,51)/b16-14-,17-15+,21-20-,24-23-,30-28+,38-36+. The SMILES string of the molecule is CCCCC/C=C\C/C=C\C/C=C\CCCCCCCCC(=O)NC(COP(=O)([O-])OCC[N+](C)(C)C)C(O)/C=C/CC/C=C/CC/C=C/CCCCC. The van der Waals surface area contributed by atoms with Crippen LogP contribution in [0.4, 0.5) is 0 Å². The third kappa shape index (κ3) is 38.2. The summed E-state index contributed by atoms with van der Waals surface area (Å²) in [5.41, 5.74) is 0. The number of carbonyl (C=O) groups excluding carboxylic acids is 1. The summed E-state index contributed by atoms with van der Waals surface area (Å²) in [5, 5.41) is 13.7. The number of likely N-dealkylation sites (N-methyl/N-ethyl adjacent to an activating group) is 1. The molecule has 312 valence electrons. The zero-order chi connectivity index (χ0) is 40.0. The van der Waals surface area contributed by atoms with E-state index in [9.17, 15) is 19.4 Å². The molecule has 2 N–H and O–H groups in total. The number of phosphoric ester groups is 1. The first-order valence-corrected chi connectivity index (χ1v) is 22.8. The number of nitrogens with zero attached hydrogens (tertiary/aromatic N) is 1. The Bertz CT molecular complexity index is 1110. The van der Waals surface area contributed by atoms with Gasteiger partial charge in [0.2, 0.25) is 5.91 Å². The van der Waals surface area contributed by atoms with Gasteiger partial charge in [0, 0.05) is 6.42 Å². The van der Waals surface area contributed by atoms with E-state index in [1.165, 1.54) is 57.8 Å². The molecule has 0 spiro atoms. The van der Waals surface area contributed by atoms with Gasteiger partial charge in [0.05, 0.1) is 39.9 Å². The van der Waals surface area contributed by atoms with Crippen LogP contribution in [-0.2, 0) is 18.4 Å². The number of carbonyl (C=O) groups is 1. The third-order valence-electron chi connectivity index (χ3n) is 8.87. The normalized spacial score (nSPS) is 15.2. The molecule has 0 aliphatic heterocycles. The average molecular weight is 777 g/mol. The molecule has 3 unspecified atom stereocenters. The zero-order valence-corrected chi connectivity index (χ0v) is 36.0. The van der Waals surface area contributed by atoms with Crippen LogP contribution in [0.5, 0.6) is 0 Å². The van der Waals surface area contributed by atoms with E-state index >= 15 is 0 Å². The molecule has 8 nitrogen and oxygen atoms in total. The first-order chi connectivity index (χ1) is 26.0. The van der Waals surface area contributed by atoms with Gasteiger partial charge < -0.3 is 28.8 Å². The second-order valence-corrected chi connectivity index (χ2v) is 16.7. The maximum atomic E-state index is 12.8. The van der Waals surface area contributed by atoms with E-state index in [4.69, 9.17) is 9.05 Å². The van der Waals surface area contributed by atoms with Gasteiger partial charge in [-0.05, 0) is 83.5 Å². The van der Waals surface area contributed by atoms with E-state index in [0.29, 0.717) is 17.4 Å². The minimum atomic E-state index is -4.60. The van der Waals surface area contributed by atoms with Gasteiger partial charge >= 0.3 is 0 Å². The molecule has 0 aromatic rings. The highest BCUT2D eigenvalue weighted by Gasteiger charge is 2.23. The lowest BCUT2D eigenvalue weighted by Crippen LogP contribution is -2.45. The highest BCUT2D eigenvalue weighted by molar-refractivity contribution is 7.45. The van der Waals surface area contributed by atoms with E-state index in [0.717, 1.165) is 77.0 Å². The number of unbranched alkanes of at least 4 members (excludes halogenated alkanes) is 14. The molecule has 0 saturated heterocycles. The van der Waals surface area contributed by atoms with E-state index in [1.807, 2.05) is 27.2 Å². The molecule has 0 bridgehead atoms. The Morgan fingerprint density at radius 2 is 1.09 bits per heavy atom. The summed E-state index contributed by atoms with van der Waals surface area (Å²) < 4.78 is 23.1. The summed E-state index contributed by atoms with van der Waals surface area (Å²) in [6.45, 7) is 4.51. The van der Waals surface area contributed by atoms with Crippen molar-refractivity contribution in [1.82, 2.24) is 5.32 Å². The molecule has 1 amide bonds. The van der Waals surface area contributed by atoms with Gasteiger partial charge in [0.15, 0.2) is 0 Å². The largest absolute Gasteiger partial charge is 0.756 e. The Kier molecular flexibility index (Phi) is 35.2. The molecule has 9 heteroatoms. The summed E-state index contributed by atoms with van der Waals surface area (Å²) in [4.78, 5) is 25.2. The highest BCUT2D eigenvalue weighted by Crippen LogP contribution is 2.38. The predicted molar refractivity (Wildman–Crippen MR) is 228 cm³/mol. The van der Waals surface area contributed by atoms with Crippen molar-refractivity contribution in [3.63, 3.8) is 0 Å². The Morgan fingerprint density at radius 1 is 0.648 bits per heavy atom. The third-order valence-corrected chi connectivity index (χ3v) is 9.83. The van der Waals surface area contributed by atoms with Crippen LogP contribution in [0.2, 0.25) is 0 Å². The molecule has 0 rings (SSSR count). The molecule has 0 aromatic heterocycles. The minimum Gasteiger partial charge on any atom is -0.756 e. The van der Waals surface area contributed by atoms with Crippen LogP contribution in [0.3, 0.4) is 0 Å². The van der Waals surface area contributed by atoms with E-state index < -0.39 is 26.6 Å². The number of quaternary nitrogens is 1. The summed E-state index contributed by atoms with van der Waals surface area (Å²) in [6.07, 6.45) is 48.0. The van der Waals surface area contributed by atoms with Gasteiger partial charge in [-0.15, -0.1) is 0 Å². The quantitative estimate of drug-likeness (QED) is 0.0281. The molecule has 0 aromatic carbocycles. The predicted octanol–water partition coefficient (Wildman–Crippen LogP) is 11.0. The molecule has 0 aliphatic rings. The lowest BCUT2D eigenvalue weighted by Gasteiger charge is -2.29. The van der Waals surface area contributed by atoms with Crippen LogP contribution in [0.1, 0.15) is 155 Å². The molecular formula is C45H81N2O6P. The number of rotatable bonds is 37. The summed E-state index contributed by atoms with van der Waals surface area (Å²) in [7, 11) is 1.21. The number of phosphoric acid groups is 1. The van der Waals surface area contributed by atoms with Gasteiger partial charge in [-0.1, -0.05) is 138 Å². The van der Waals surface area contributed by atoms with Crippen LogP contribution in [0.25, 0.3) is 0 Å². The van der Waals surface area contributed by atoms with E-state index in [2.05, 4.69) is 79.9 Å². The van der Waals surface area contributed by atoms with Crippen molar-refractivity contribution in [1.29, 1.82) is 0 Å². The van der Waals surface area contributed by atoms with Crippen molar-refractivity contribution in [2.45, 2.75) is 167 Å². The van der Waals surface area contributed by atoms with Crippen LogP contribution in [-0.4, -0.2) is 68.5 Å². The smallest absolute Gasteiger partial charge is 0.268 e. The van der Waals surface area contributed by atoms with Crippen LogP contribution in [0, 0.1) is 0 Å². The fourth-order valence-corrected chi connectivity index (χ4v) is 6.15. The molecule has 0 heterocycles. The average Bonchev–Trinajstić information content (AvgIpc) is 3.12. The van der Waals surface area contributed by atoms with Crippen LogP contribution < -0.4 is 10.2 Å². The number of nitrogens with one attached hydrogen (secondary N) is 1. The zero-order valence-electron chi connectivity index (χ0n) is 35.1. The Labute approximate surface area is 332 Å². The molecular weight excluding hydrogens is 695 g/mol. The van der Waals surface area contributed by atoms with Crippen molar-refractivity contribution in [3.05, 3.63) is 72.9 Å². The van der Waals surface area contributed by atoms with Gasteiger partial charge in [-0.25, -0.2) is 0 Å².